The first-order valence-corrected chi connectivity index (χ1v) is 6.59. The van der Waals surface area contributed by atoms with Crippen LogP contribution < -0.4 is 5.32 Å². The van der Waals surface area contributed by atoms with Crippen molar-refractivity contribution < 1.29 is 15.0 Å². The summed E-state index contributed by atoms with van der Waals surface area (Å²) < 4.78 is 0. The molecule has 1 atom stereocenters. The third kappa shape index (κ3) is 2.49. The zero-order chi connectivity index (χ0) is 15.0. The minimum Gasteiger partial charge on any atom is -0.507 e. The lowest BCUT2D eigenvalue weighted by Crippen LogP contribution is -2.24. The number of carbonyl (C=O) groups excluding carboxylic acids is 1. The molecule has 21 heavy (non-hydrogen) atoms. The van der Waals surface area contributed by atoms with Crippen LogP contribution in [0.15, 0.2) is 47.5 Å². The third-order valence-electron chi connectivity index (χ3n) is 3.14. The van der Waals surface area contributed by atoms with Gasteiger partial charge in [0.15, 0.2) is 0 Å². The molecule has 6 heteroatoms. The summed E-state index contributed by atoms with van der Waals surface area (Å²) in [5.74, 6) is -0.632. The molecule has 0 radical (unpaired) electrons. The molecule has 1 aliphatic rings. The van der Waals surface area contributed by atoms with Crippen molar-refractivity contribution in [2.24, 2.45) is 4.99 Å². The molecular formula is C15H11ClN2O3. The third-order valence-corrected chi connectivity index (χ3v) is 3.37. The van der Waals surface area contributed by atoms with E-state index in [4.69, 9.17) is 11.6 Å². The zero-order valence-corrected chi connectivity index (χ0v) is 11.5. The number of amides is 1. The van der Waals surface area contributed by atoms with Crippen molar-refractivity contribution >= 4 is 28.9 Å². The summed E-state index contributed by atoms with van der Waals surface area (Å²) in [4.78, 5) is 15.8. The van der Waals surface area contributed by atoms with Gasteiger partial charge in [0.25, 0.3) is 5.91 Å². The van der Waals surface area contributed by atoms with Crippen molar-refractivity contribution in [1.29, 1.82) is 0 Å². The molecule has 1 aliphatic heterocycles. The Morgan fingerprint density at radius 1 is 1.14 bits per heavy atom. The van der Waals surface area contributed by atoms with Crippen LogP contribution in [0.1, 0.15) is 11.1 Å². The van der Waals surface area contributed by atoms with Gasteiger partial charge in [0.1, 0.15) is 5.75 Å². The van der Waals surface area contributed by atoms with Gasteiger partial charge in [-0.2, -0.15) is 0 Å². The fraction of sp³-hybridized carbons (Fsp3) is 0.0667. The fourth-order valence-corrected chi connectivity index (χ4v) is 2.33. The second-order valence-corrected chi connectivity index (χ2v) is 4.98. The van der Waals surface area contributed by atoms with E-state index in [2.05, 4.69) is 10.3 Å². The highest BCUT2D eigenvalue weighted by molar-refractivity contribution is 6.32. The number of aromatic hydroxyl groups is 1. The van der Waals surface area contributed by atoms with Crippen LogP contribution in [0.4, 0.5) is 5.69 Å². The number of halogens is 1. The predicted octanol–water partition coefficient (Wildman–Crippen LogP) is 2.15. The number of aliphatic hydroxyl groups is 1. The van der Waals surface area contributed by atoms with Crippen LogP contribution in [0.25, 0.3) is 0 Å². The molecule has 0 fully saturated rings. The van der Waals surface area contributed by atoms with Crippen LogP contribution in [0, 0.1) is 0 Å². The lowest BCUT2D eigenvalue weighted by atomic mass is 10.00. The van der Waals surface area contributed by atoms with Gasteiger partial charge in [0, 0.05) is 16.1 Å². The van der Waals surface area contributed by atoms with Crippen LogP contribution in [0.5, 0.6) is 5.75 Å². The van der Waals surface area contributed by atoms with Crippen LogP contribution in [0.2, 0.25) is 5.02 Å². The highest BCUT2D eigenvalue weighted by Gasteiger charge is 2.25. The number of aliphatic hydroxyl groups excluding tert-OH is 1. The van der Waals surface area contributed by atoms with Gasteiger partial charge >= 0.3 is 0 Å². The van der Waals surface area contributed by atoms with Gasteiger partial charge in [-0.05, 0) is 30.3 Å². The maximum Gasteiger partial charge on any atom is 0.276 e. The summed E-state index contributed by atoms with van der Waals surface area (Å²) >= 11 is 6.00. The van der Waals surface area contributed by atoms with E-state index in [0.29, 0.717) is 27.5 Å². The number of phenols is 1. The van der Waals surface area contributed by atoms with Crippen LogP contribution in [0.3, 0.4) is 0 Å². The van der Waals surface area contributed by atoms with Gasteiger partial charge in [-0.25, -0.2) is 4.99 Å². The lowest BCUT2D eigenvalue weighted by molar-refractivity contribution is -0.123. The Labute approximate surface area is 125 Å². The monoisotopic (exact) mass is 302 g/mol. The van der Waals surface area contributed by atoms with E-state index in [9.17, 15) is 15.0 Å². The minimum atomic E-state index is -1.55. The number of anilines is 1. The number of benzene rings is 2. The fourth-order valence-electron chi connectivity index (χ4n) is 2.16. The Bertz CT molecular complexity index is 758. The summed E-state index contributed by atoms with van der Waals surface area (Å²) in [7, 11) is 0. The quantitative estimate of drug-likeness (QED) is 0.755. The van der Waals surface area contributed by atoms with Gasteiger partial charge < -0.3 is 15.5 Å². The molecule has 1 unspecified atom stereocenters. The molecule has 1 heterocycles. The van der Waals surface area contributed by atoms with Crippen molar-refractivity contribution in [3.8, 4) is 5.75 Å². The van der Waals surface area contributed by atoms with E-state index >= 15 is 0 Å². The number of para-hydroxylation sites is 1. The van der Waals surface area contributed by atoms with Gasteiger partial charge in [-0.3, -0.25) is 4.79 Å². The molecule has 0 saturated heterocycles. The van der Waals surface area contributed by atoms with Gasteiger partial charge in [0.05, 0.1) is 11.4 Å². The topological polar surface area (TPSA) is 81.9 Å². The minimum absolute atomic E-state index is 0.00345. The number of hydrogen-bond donors (Lipinski definition) is 3. The first-order valence-electron chi connectivity index (χ1n) is 6.21. The molecule has 2 aromatic carbocycles. The zero-order valence-electron chi connectivity index (χ0n) is 10.7. The van der Waals surface area contributed by atoms with Crippen LogP contribution in [-0.4, -0.2) is 28.1 Å². The van der Waals surface area contributed by atoms with Crippen LogP contribution in [-0.2, 0) is 4.79 Å². The second-order valence-electron chi connectivity index (χ2n) is 4.55. The molecule has 3 N–H and O–H groups in total. The molecule has 1 amide bonds. The van der Waals surface area contributed by atoms with E-state index in [1.165, 1.54) is 6.07 Å². The number of benzodiazepines with no additional fused rings is 1. The number of carbonyl (C=O) groups is 1. The number of hydrogen-bond acceptors (Lipinski definition) is 4. The number of nitrogens with zero attached hydrogens (tertiary/aromatic N) is 1. The predicted molar refractivity (Wildman–Crippen MR) is 79.8 cm³/mol. The largest absolute Gasteiger partial charge is 0.507 e. The Balaban J connectivity index is 2.27. The molecule has 2 aromatic rings. The van der Waals surface area contributed by atoms with Crippen molar-refractivity contribution in [2.45, 2.75) is 6.23 Å². The Kier molecular flexibility index (Phi) is 3.37. The first-order chi connectivity index (χ1) is 10.1. The average Bonchev–Trinajstić information content (AvgIpc) is 2.58. The van der Waals surface area contributed by atoms with Crippen molar-refractivity contribution in [3.63, 3.8) is 0 Å². The Morgan fingerprint density at radius 3 is 2.67 bits per heavy atom. The molecule has 0 spiro atoms. The molecule has 106 valence electrons. The van der Waals surface area contributed by atoms with E-state index in [-0.39, 0.29) is 5.75 Å². The summed E-state index contributed by atoms with van der Waals surface area (Å²) in [6, 6.07) is 11.4. The lowest BCUT2D eigenvalue weighted by Gasteiger charge is -2.11. The molecule has 0 bridgehead atoms. The summed E-state index contributed by atoms with van der Waals surface area (Å²) in [5, 5.41) is 22.8. The van der Waals surface area contributed by atoms with E-state index in [1.54, 1.807) is 36.4 Å². The maximum absolute atomic E-state index is 11.8. The van der Waals surface area contributed by atoms with Gasteiger partial charge in [0.2, 0.25) is 6.23 Å². The Hall–Kier alpha value is -2.37. The summed E-state index contributed by atoms with van der Waals surface area (Å²) in [6.07, 6.45) is -1.55. The number of aliphatic imine (C=N–C) groups is 1. The van der Waals surface area contributed by atoms with E-state index in [1.807, 2.05) is 0 Å². The molecular weight excluding hydrogens is 292 g/mol. The smallest absolute Gasteiger partial charge is 0.276 e. The number of nitrogens with one attached hydrogen (secondary N) is 1. The SMILES string of the molecule is O=C1Nc2ccc(Cl)cc2C(c2ccccc2O)=NC1O. The number of phenolic OH excluding ortho intramolecular Hbond substituents is 1. The highest BCUT2D eigenvalue weighted by Crippen LogP contribution is 2.29. The van der Waals surface area contributed by atoms with Crippen molar-refractivity contribution in [2.75, 3.05) is 5.32 Å². The molecule has 3 rings (SSSR count). The summed E-state index contributed by atoms with van der Waals surface area (Å²) in [5.41, 5.74) is 1.73. The van der Waals surface area contributed by atoms with Gasteiger partial charge in [-0.15, -0.1) is 0 Å². The van der Waals surface area contributed by atoms with Gasteiger partial charge in [-0.1, -0.05) is 23.7 Å². The highest BCUT2D eigenvalue weighted by atomic mass is 35.5. The standard InChI is InChI=1S/C15H11ClN2O3/c16-8-5-6-11-10(7-8)13(18-15(21)14(20)17-11)9-3-1-2-4-12(9)19/h1-7,15,19,21H,(H,17,20). The summed E-state index contributed by atoms with van der Waals surface area (Å²) in [6.45, 7) is 0. The Morgan fingerprint density at radius 2 is 1.90 bits per heavy atom. The molecule has 5 nitrogen and oxygen atoms in total. The number of fused-ring (bicyclic) bond motifs is 1. The average molecular weight is 303 g/mol. The first kappa shape index (κ1) is 13.6. The second kappa shape index (κ2) is 5.20. The molecule has 0 saturated carbocycles. The normalized spacial score (nSPS) is 17.5. The van der Waals surface area contributed by atoms with E-state index < -0.39 is 12.1 Å². The molecule has 0 aromatic heterocycles. The molecule has 0 aliphatic carbocycles. The van der Waals surface area contributed by atoms with Crippen molar-refractivity contribution in [1.82, 2.24) is 0 Å². The number of rotatable bonds is 1. The van der Waals surface area contributed by atoms with E-state index in [0.717, 1.165) is 0 Å². The van der Waals surface area contributed by atoms with Crippen LogP contribution >= 0.6 is 11.6 Å². The maximum atomic E-state index is 11.8. The van der Waals surface area contributed by atoms with Crippen molar-refractivity contribution in [3.05, 3.63) is 58.6 Å².